The second-order valence-electron chi connectivity index (χ2n) is 2.59. The van der Waals surface area contributed by atoms with E-state index in [1.165, 1.54) is 6.92 Å². The van der Waals surface area contributed by atoms with E-state index in [4.69, 9.17) is 15.3 Å². The minimum absolute atomic E-state index is 0.219. The van der Waals surface area contributed by atoms with Crippen LogP contribution in [0.4, 0.5) is 0 Å². The summed E-state index contributed by atoms with van der Waals surface area (Å²) >= 11 is 0. The van der Waals surface area contributed by atoms with Crippen molar-refractivity contribution < 1.29 is 24.9 Å². The minimum Gasteiger partial charge on any atom is -0.381 e. The largest absolute Gasteiger partial charge is 0.455 e. The number of hydrogen-bond acceptors (Lipinski definition) is 5. The molecule has 0 aromatic heterocycles. The van der Waals surface area contributed by atoms with Crippen molar-refractivity contribution in [3.8, 4) is 0 Å². The molecule has 0 amide bonds. The highest BCUT2D eigenvalue weighted by molar-refractivity contribution is 5.88. The Morgan fingerprint density at radius 3 is 1.83 bits per heavy atom. The van der Waals surface area contributed by atoms with Gasteiger partial charge >= 0.3 is 12.1 Å². The van der Waals surface area contributed by atoms with Crippen LogP contribution in [0.5, 0.6) is 0 Å². The van der Waals surface area contributed by atoms with E-state index in [0.29, 0.717) is 5.57 Å². The van der Waals surface area contributed by atoms with Crippen LogP contribution in [0.2, 0.25) is 0 Å². The number of hydrogen-bond donors (Lipinski definition) is 3. The number of ether oxygens (including phenoxy) is 1. The second-order valence-corrected chi connectivity index (χ2v) is 2.59. The highest BCUT2D eigenvalue weighted by atomic mass is 16.9. The lowest BCUT2D eigenvalue weighted by molar-refractivity contribution is -0.434. The van der Waals surface area contributed by atoms with Crippen LogP contribution in [-0.4, -0.2) is 27.4 Å². The zero-order valence-electron chi connectivity index (χ0n) is 7.16. The molecule has 5 heteroatoms. The fourth-order valence-corrected chi connectivity index (χ4v) is 0.405. The molecule has 0 aliphatic rings. The van der Waals surface area contributed by atoms with Crippen LogP contribution in [0.25, 0.3) is 0 Å². The van der Waals surface area contributed by atoms with E-state index in [2.05, 4.69) is 4.74 Å². The predicted octanol–water partition coefficient (Wildman–Crippen LogP) is -0.526. The molecule has 0 aliphatic carbocycles. The minimum atomic E-state index is -3.40. The van der Waals surface area contributed by atoms with Gasteiger partial charge in [-0.25, -0.2) is 4.79 Å². The molecule has 0 aromatic rings. The summed E-state index contributed by atoms with van der Waals surface area (Å²) in [5, 5.41) is 24.8. The average Bonchev–Trinajstić information content (AvgIpc) is 1.82. The lowest BCUT2D eigenvalue weighted by Gasteiger charge is -2.14. The lowest BCUT2D eigenvalue weighted by Crippen LogP contribution is -2.34. The number of rotatable bonds is 2. The lowest BCUT2D eigenvalue weighted by atomic mass is 10.2. The first-order chi connectivity index (χ1) is 5.24. The van der Waals surface area contributed by atoms with Gasteiger partial charge in [-0.1, -0.05) is 5.57 Å². The van der Waals surface area contributed by atoms with Gasteiger partial charge in [0.2, 0.25) is 0 Å². The summed E-state index contributed by atoms with van der Waals surface area (Å²) in [5.74, 6) is -0.970. The molecule has 3 N–H and O–H groups in total. The van der Waals surface area contributed by atoms with Crippen molar-refractivity contribution in [3.63, 3.8) is 0 Å². The quantitative estimate of drug-likeness (QED) is 0.299. The van der Waals surface area contributed by atoms with Crippen molar-refractivity contribution in [1.29, 1.82) is 0 Å². The van der Waals surface area contributed by atoms with Gasteiger partial charge in [-0.2, -0.15) is 0 Å². The Kier molecular flexibility index (Phi) is 3.38. The van der Waals surface area contributed by atoms with Crippen molar-refractivity contribution in [2.24, 2.45) is 0 Å². The van der Waals surface area contributed by atoms with Crippen molar-refractivity contribution in [2.45, 2.75) is 26.9 Å². The van der Waals surface area contributed by atoms with E-state index < -0.39 is 12.1 Å². The maximum Gasteiger partial charge on any atom is 0.455 e. The van der Waals surface area contributed by atoms with Crippen LogP contribution in [0.15, 0.2) is 11.1 Å². The van der Waals surface area contributed by atoms with Crippen LogP contribution in [0, 0.1) is 0 Å². The number of aliphatic hydroxyl groups is 3. The van der Waals surface area contributed by atoms with Crippen molar-refractivity contribution in [1.82, 2.24) is 0 Å². The zero-order chi connectivity index (χ0) is 9.94. The van der Waals surface area contributed by atoms with Crippen molar-refractivity contribution >= 4 is 5.97 Å². The van der Waals surface area contributed by atoms with Crippen molar-refractivity contribution in [2.75, 3.05) is 0 Å². The van der Waals surface area contributed by atoms with Gasteiger partial charge in [-0.15, -0.1) is 0 Å². The molecule has 0 aromatic carbocycles. The van der Waals surface area contributed by atoms with Gasteiger partial charge in [-0.3, -0.25) is 0 Å². The molecule has 0 rings (SSSR count). The molecular formula is C7H12O5. The Morgan fingerprint density at radius 1 is 1.17 bits per heavy atom. The average molecular weight is 176 g/mol. The third-order valence-corrected chi connectivity index (χ3v) is 1.29. The summed E-state index contributed by atoms with van der Waals surface area (Å²) in [6.07, 6.45) is -3.40. The van der Waals surface area contributed by atoms with Gasteiger partial charge in [0.05, 0.1) is 0 Å². The molecule has 0 saturated carbocycles. The Hall–Kier alpha value is -0.910. The first-order valence-corrected chi connectivity index (χ1v) is 3.28. The van der Waals surface area contributed by atoms with Gasteiger partial charge in [-0.05, 0) is 20.8 Å². The third kappa shape index (κ3) is 4.07. The molecule has 0 radical (unpaired) electrons. The normalized spacial score (nSPS) is 10.8. The van der Waals surface area contributed by atoms with Crippen LogP contribution < -0.4 is 0 Å². The molecule has 0 atom stereocenters. The van der Waals surface area contributed by atoms with E-state index in [1.807, 2.05) is 0 Å². The molecular weight excluding hydrogens is 164 g/mol. The fraction of sp³-hybridized carbons (Fsp3) is 0.571. The zero-order valence-corrected chi connectivity index (χ0v) is 7.16. The molecule has 12 heavy (non-hydrogen) atoms. The van der Waals surface area contributed by atoms with E-state index >= 15 is 0 Å². The Bertz CT molecular complexity index is 206. The monoisotopic (exact) mass is 176 g/mol. The third-order valence-electron chi connectivity index (χ3n) is 1.29. The highest BCUT2D eigenvalue weighted by Gasteiger charge is 2.25. The summed E-state index contributed by atoms with van der Waals surface area (Å²) < 4.78 is 3.83. The first kappa shape index (κ1) is 11.1. The maximum atomic E-state index is 10.8. The van der Waals surface area contributed by atoms with E-state index in [0.717, 1.165) is 0 Å². The van der Waals surface area contributed by atoms with Gasteiger partial charge < -0.3 is 20.1 Å². The van der Waals surface area contributed by atoms with Crippen LogP contribution in [-0.2, 0) is 9.53 Å². The topological polar surface area (TPSA) is 87.0 Å². The van der Waals surface area contributed by atoms with Gasteiger partial charge in [0.1, 0.15) is 0 Å². The predicted molar refractivity (Wildman–Crippen MR) is 39.5 cm³/mol. The van der Waals surface area contributed by atoms with E-state index in [1.54, 1.807) is 13.8 Å². The standard InChI is InChI=1S/C7H12O5/c1-4(2)5(3)6(8)12-7(9,10)11/h9-11H,1-3H3. The number of allylic oxidation sites excluding steroid dienone is 1. The smallest absolute Gasteiger partial charge is 0.381 e. The first-order valence-electron chi connectivity index (χ1n) is 3.28. The Balaban J connectivity index is 4.36. The summed E-state index contributed by atoms with van der Waals surface area (Å²) in [4.78, 5) is 10.8. The number of esters is 1. The van der Waals surface area contributed by atoms with Crippen molar-refractivity contribution in [3.05, 3.63) is 11.1 Å². The molecule has 0 saturated heterocycles. The number of carbonyl (C=O) groups is 1. The fourth-order valence-electron chi connectivity index (χ4n) is 0.405. The molecule has 5 nitrogen and oxygen atoms in total. The SMILES string of the molecule is CC(C)=C(C)C(=O)OC(O)(O)O. The second kappa shape index (κ2) is 3.66. The van der Waals surface area contributed by atoms with Crippen LogP contribution in [0.1, 0.15) is 20.8 Å². The summed E-state index contributed by atoms with van der Waals surface area (Å²) in [6.45, 7) is 4.76. The van der Waals surface area contributed by atoms with Gasteiger partial charge in [0.25, 0.3) is 0 Å². The highest BCUT2D eigenvalue weighted by Crippen LogP contribution is 2.07. The van der Waals surface area contributed by atoms with Gasteiger partial charge in [0, 0.05) is 5.57 Å². The Morgan fingerprint density at radius 2 is 1.58 bits per heavy atom. The maximum absolute atomic E-state index is 10.8. The van der Waals surface area contributed by atoms with Gasteiger partial charge in [0.15, 0.2) is 0 Å². The summed E-state index contributed by atoms with van der Waals surface area (Å²) in [7, 11) is 0. The van der Waals surface area contributed by atoms with Crippen LogP contribution >= 0.6 is 0 Å². The molecule has 0 fully saturated rings. The molecule has 0 spiro atoms. The molecule has 0 bridgehead atoms. The molecule has 0 aliphatic heterocycles. The molecule has 0 unspecified atom stereocenters. The van der Waals surface area contributed by atoms with Crippen LogP contribution in [0.3, 0.4) is 0 Å². The Labute approximate surface area is 69.9 Å². The number of carbonyl (C=O) groups excluding carboxylic acids is 1. The van der Waals surface area contributed by atoms with E-state index in [-0.39, 0.29) is 5.57 Å². The molecule has 70 valence electrons. The molecule has 0 heterocycles. The summed E-state index contributed by atoms with van der Waals surface area (Å²) in [6, 6.07) is 0. The van der Waals surface area contributed by atoms with E-state index in [9.17, 15) is 4.79 Å². The summed E-state index contributed by atoms with van der Waals surface area (Å²) in [5.41, 5.74) is 0.890.